The Kier molecular flexibility index (Phi) is 9.74. The SMILES string of the molecule is CCC(C)(CC)C(=O)/C=C(/C)O.Cc1ccc2c(ccc3[c-]c(-c4nccc5c4sc4cc6ccccc6c(F)c45)ccc32)c1.[Ir]. The number of allylic oxidation sites excluding steroid dienone is 2. The summed E-state index contributed by atoms with van der Waals surface area (Å²) in [5.74, 6) is -0.0450. The number of aromatic nitrogens is 1. The number of carbonyl (C=O) groups excluding carboxylic acids is 1. The van der Waals surface area contributed by atoms with Crippen molar-refractivity contribution in [3.63, 3.8) is 0 Å². The molecule has 0 bridgehead atoms. The number of ketones is 1. The Morgan fingerprint density at radius 3 is 2.39 bits per heavy atom. The maximum Gasteiger partial charge on any atom is 0.164 e. The Morgan fingerprint density at radius 2 is 1.65 bits per heavy atom. The van der Waals surface area contributed by atoms with Crippen LogP contribution < -0.4 is 0 Å². The molecule has 1 radical (unpaired) electrons. The van der Waals surface area contributed by atoms with Crippen LogP contribution in [0, 0.1) is 24.2 Å². The molecule has 0 atom stereocenters. The Hall–Kier alpha value is -3.96. The molecular weight excluding hydrogens is 770 g/mol. The molecule has 46 heavy (non-hydrogen) atoms. The van der Waals surface area contributed by atoms with Crippen molar-refractivity contribution >= 4 is 69.6 Å². The average molecular weight is 805 g/mol. The standard InChI is InChI=1S/C30H17FNS.C10H18O2.Ir/c1-17-6-10-22-19(14-17)7-8-20-15-21(9-11-23(20)22)29-30-25(12-13-32-29)27-26(33-30)16-18-4-2-3-5-24(18)28(27)31;1-5-10(4,6-2)9(12)7-8(3)11;/h2-14,16H,1H3;7,11H,5-6H2,1-4H3;/q-1;;/b;8-7-;. The molecule has 3 nitrogen and oxygen atoms in total. The number of aliphatic hydroxyl groups is 1. The number of fused-ring (bicyclic) bond motifs is 7. The van der Waals surface area contributed by atoms with E-state index in [0.717, 1.165) is 49.7 Å². The first-order valence-corrected chi connectivity index (χ1v) is 16.1. The summed E-state index contributed by atoms with van der Waals surface area (Å²) in [6.07, 6.45) is 4.71. The third-order valence-electron chi connectivity index (χ3n) is 8.99. The molecular formula is C40H35FIrNO2S-. The minimum atomic E-state index is -0.302. The molecule has 7 rings (SSSR count). The molecule has 0 fully saturated rings. The summed E-state index contributed by atoms with van der Waals surface area (Å²) in [4.78, 5) is 16.2. The fourth-order valence-electron chi connectivity index (χ4n) is 5.88. The Balaban J connectivity index is 0.000000277. The normalized spacial score (nSPS) is 12.0. The van der Waals surface area contributed by atoms with Gasteiger partial charge in [-0.25, -0.2) is 4.39 Å². The zero-order chi connectivity index (χ0) is 31.9. The van der Waals surface area contributed by atoms with E-state index in [1.807, 2.05) is 51.1 Å². The molecule has 1 N–H and O–H groups in total. The maximum atomic E-state index is 15.5. The third-order valence-corrected chi connectivity index (χ3v) is 10.1. The van der Waals surface area contributed by atoms with Gasteiger partial charge in [-0.05, 0) is 60.4 Å². The fraction of sp³-hybridized carbons (Fsp3) is 0.200. The van der Waals surface area contributed by atoms with Gasteiger partial charge in [-0.15, -0.1) is 41.0 Å². The molecule has 5 aromatic carbocycles. The first-order valence-electron chi connectivity index (χ1n) is 15.3. The van der Waals surface area contributed by atoms with Gasteiger partial charge in [0.25, 0.3) is 0 Å². The van der Waals surface area contributed by atoms with Crippen LogP contribution in [0.2, 0.25) is 0 Å². The summed E-state index contributed by atoms with van der Waals surface area (Å²) in [5.41, 5.74) is 2.73. The van der Waals surface area contributed by atoms with Crippen LogP contribution in [0.1, 0.15) is 46.1 Å². The smallest absolute Gasteiger partial charge is 0.164 e. The van der Waals surface area contributed by atoms with E-state index >= 15 is 4.39 Å². The fourth-order valence-corrected chi connectivity index (χ4v) is 7.12. The number of hydrogen-bond donors (Lipinski definition) is 1. The van der Waals surface area contributed by atoms with Crippen LogP contribution in [-0.4, -0.2) is 15.9 Å². The summed E-state index contributed by atoms with van der Waals surface area (Å²) < 4.78 is 17.5. The summed E-state index contributed by atoms with van der Waals surface area (Å²) in [6.45, 7) is 9.53. The molecule has 235 valence electrons. The van der Waals surface area contributed by atoms with Gasteiger partial charge in [0.05, 0.1) is 5.76 Å². The summed E-state index contributed by atoms with van der Waals surface area (Å²) >= 11 is 1.60. The number of benzene rings is 5. The number of pyridine rings is 1. The Labute approximate surface area is 286 Å². The number of hydrogen-bond acceptors (Lipinski definition) is 4. The summed E-state index contributed by atoms with van der Waals surface area (Å²) in [7, 11) is 0. The van der Waals surface area contributed by atoms with E-state index in [1.54, 1.807) is 17.5 Å². The molecule has 6 heteroatoms. The molecule has 2 aromatic heterocycles. The van der Waals surface area contributed by atoms with Crippen molar-refractivity contribution in [2.45, 2.75) is 47.5 Å². The van der Waals surface area contributed by atoms with Crippen LogP contribution in [0.4, 0.5) is 4.39 Å². The number of aliphatic hydroxyl groups excluding tert-OH is 1. The number of halogens is 1. The van der Waals surface area contributed by atoms with Gasteiger partial charge in [0.15, 0.2) is 5.78 Å². The van der Waals surface area contributed by atoms with Crippen LogP contribution in [0.15, 0.2) is 96.9 Å². The van der Waals surface area contributed by atoms with E-state index in [-0.39, 0.29) is 42.9 Å². The van der Waals surface area contributed by atoms with Gasteiger partial charge >= 0.3 is 0 Å². The number of thiophene rings is 1. The Morgan fingerprint density at radius 1 is 0.935 bits per heavy atom. The maximum absolute atomic E-state index is 15.5. The summed E-state index contributed by atoms with van der Waals surface area (Å²) in [5, 5.41) is 16.8. The van der Waals surface area contributed by atoms with Crippen LogP contribution in [0.3, 0.4) is 0 Å². The second kappa shape index (κ2) is 13.4. The quantitative estimate of drug-likeness (QED) is 0.0816. The Bertz CT molecular complexity index is 2280. The van der Waals surface area contributed by atoms with E-state index in [0.29, 0.717) is 10.8 Å². The molecule has 0 aliphatic carbocycles. The molecule has 0 unspecified atom stereocenters. The molecule has 0 aliphatic heterocycles. The summed E-state index contributed by atoms with van der Waals surface area (Å²) in [6, 6.07) is 30.3. The molecule has 0 saturated carbocycles. The van der Waals surface area contributed by atoms with E-state index < -0.39 is 0 Å². The van der Waals surface area contributed by atoms with E-state index in [9.17, 15) is 4.79 Å². The van der Waals surface area contributed by atoms with Crippen molar-refractivity contribution in [1.29, 1.82) is 0 Å². The van der Waals surface area contributed by atoms with Crippen LogP contribution in [0.5, 0.6) is 0 Å². The monoisotopic (exact) mass is 805 g/mol. The van der Waals surface area contributed by atoms with Gasteiger partial charge < -0.3 is 5.11 Å². The van der Waals surface area contributed by atoms with Gasteiger partial charge in [-0.3, -0.25) is 9.78 Å². The largest absolute Gasteiger partial charge is 0.512 e. The predicted molar refractivity (Wildman–Crippen MR) is 189 cm³/mol. The minimum absolute atomic E-state index is 0. The average Bonchev–Trinajstić information content (AvgIpc) is 3.42. The van der Waals surface area contributed by atoms with Gasteiger partial charge in [0.2, 0.25) is 0 Å². The van der Waals surface area contributed by atoms with Crippen molar-refractivity contribution in [2.24, 2.45) is 5.41 Å². The van der Waals surface area contributed by atoms with Gasteiger partial charge in [-0.2, -0.15) is 0 Å². The van der Waals surface area contributed by atoms with Crippen molar-refractivity contribution in [3.05, 3.63) is 114 Å². The molecule has 0 aliphatic rings. The van der Waals surface area contributed by atoms with E-state index in [4.69, 9.17) is 10.1 Å². The van der Waals surface area contributed by atoms with Gasteiger partial charge in [0, 0.05) is 63.7 Å². The van der Waals surface area contributed by atoms with E-state index in [1.165, 1.54) is 34.7 Å². The molecule has 0 spiro atoms. The zero-order valence-electron chi connectivity index (χ0n) is 26.5. The number of rotatable bonds is 5. The zero-order valence-corrected chi connectivity index (χ0v) is 29.7. The van der Waals surface area contributed by atoms with E-state index in [2.05, 4.69) is 61.5 Å². The van der Waals surface area contributed by atoms with Gasteiger partial charge in [-0.1, -0.05) is 85.8 Å². The minimum Gasteiger partial charge on any atom is -0.512 e. The topological polar surface area (TPSA) is 50.2 Å². The van der Waals surface area contributed by atoms with Crippen molar-refractivity contribution in [1.82, 2.24) is 4.98 Å². The van der Waals surface area contributed by atoms with Crippen LogP contribution in [-0.2, 0) is 24.9 Å². The number of nitrogens with zero attached hydrogens (tertiary/aromatic N) is 1. The van der Waals surface area contributed by atoms with Crippen LogP contribution in [0.25, 0.3) is 63.7 Å². The van der Waals surface area contributed by atoms with Gasteiger partial charge in [0.1, 0.15) is 5.82 Å². The number of aryl methyl sites for hydroxylation is 1. The molecule has 7 aromatic rings. The van der Waals surface area contributed by atoms with Crippen molar-refractivity contribution in [3.8, 4) is 11.3 Å². The van der Waals surface area contributed by atoms with Crippen molar-refractivity contribution in [2.75, 3.05) is 0 Å². The molecule has 0 saturated heterocycles. The molecule has 2 heterocycles. The van der Waals surface area contributed by atoms with Crippen molar-refractivity contribution < 1.29 is 34.4 Å². The molecule has 0 amide bonds. The third kappa shape index (κ3) is 6.10. The number of carbonyl (C=O) groups is 1. The predicted octanol–water partition coefficient (Wildman–Crippen LogP) is 11.7. The van der Waals surface area contributed by atoms with Crippen LogP contribution >= 0.6 is 11.3 Å². The first kappa shape index (κ1) is 33.4. The second-order valence-corrected chi connectivity index (χ2v) is 13.0. The first-order chi connectivity index (χ1) is 21.6. The second-order valence-electron chi connectivity index (χ2n) is 12.0.